The van der Waals surface area contributed by atoms with Crippen LogP contribution in [-0.2, 0) is 0 Å². The normalized spacial score (nSPS) is 10.3. The Morgan fingerprint density at radius 3 is 2.81 bits per heavy atom. The lowest BCUT2D eigenvalue weighted by Crippen LogP contribution is -2.05. The molecule has 5 nitrogen and oxygen atoms in total. The Labute approximate surface area is 96.1 Å². The number of aromatic nitrogens is 2. The van der Waals surface area contributed by atoms with Crippen molar-refractivity contribution in [2.24, 2.45) is 0 Å². The van der Waals surface area contributed by atoms with Gasteiger partial charge in [0.25, 0.3) is 0 Å². The van der Waals surface area contributed by atoms with Gasteiger partial charge in [0.15, 0.2) is 0 Å². The lowest BCUT2D eigenvalue weighted by atomic mass is 10.3. The zero-order valence-corrected chi connectivity index (χ0v) is 8.85. The molecule has 0 radical (unpaired) electrons. The summed E-state index contributed by atoms with van der Waals surface area (Å²) < 4.78 is 1.33. The molecule has 0 aliphatic rings. The molecule has 16 heavy (non-hydrogen) atoms. The molecule has 6 heteroatoms. The Bertz CT molecular complexity index is 551. The second kappa shape index (κ2) is 3.86. The number of carboxylic acid groups (broad SMARTS) is 1. The van der Waals surface area contributed by atoms with Gasteiger partial charge in [0.2, 0.25) is 0 Å². The van der Waals surface area contributed by atoms with Gasteiger partial charge in [0, 0.05) is 5.02 Å². The molecule has 0 atom stereocenters. The van der Waals surface area contributed by atoms with Gasteiger partial charge in [0.1, 0.15) is 11.4 Å². The van der Waals surface area contributed by atoms with E-state index in [1.807, 2.05) is 0 Å². The Morgan fingerprint density at radius 2 is 2.25 bits per heavy atom. The second-order valence-corrected chi connectivity index (χ2v) is 3.58. The maximum atomic E-state index is 10.8. The van der Waals surface area contributed by atoms with Crippen LogP contribution in [0.4, 0.5) is 5.82 Å². The van der Waals surface area contributed by atoms with Crippen molar-refractivity contribution in [1.82, 2.24) is 9.78 Å². The molecule has 0 saturated carbocycles. The summed E-state index contributed by atoms with van der Waals surface area (Å²) >= 11 is 5.82. The molecule has 3 N–H and O–H groups in total. The van der Waals surface area contributed by atoms with Crippen molar-refractivity contribution in [1.29, 1.82) is 0 Å². The maximum absolute atomic E-state index is 10.8. The Kier molecular flexibility index (Phi) is 2.54. The minimum Gasteiger partial charge on any atom is -0.477 e. The number of nitrogens with two attached hydrogens (primary N) is 1. The highest BCUT2D eigenvalue weighted by Gasteiger charge is 2.14. The van der Waals surface area contributed by atoms with Crippen LogP contribution in [0.25, 0.3) is 5.69 Å². The van der Waals surface area contributed by atoms with E-state index in [0.717, 1.165) is 0 Å². The molecule has 0 bridgehead atoms. The number of halogens is 1. The molecule has 0 spiro atoms. The minimum atomic E-state index is -1.11. The number of anilines is 1. The average Bonchev–Trinajstić information content (AvgIpc) is 2.60. The van der Waals surface area contributed by atoms with E-state index in [0.29, 0.717) is 10.7 Å². The number of aromatic carboxylic acids is 1. The summed E-state index contributed by atoms with van der Waals surface area (Å²) in [5, 5.41) is 13.3. The molecular weight excluding hydrogens is 230 g/mol. The summed E-state index contributed by atoms with van der Waals surface area (Å²) in [6.45, 7) is 0. The number of nitrogen functional groups attached to an aromatic ring is 1. The second-order valence-electron chi connectivity index (χ2n) is 3.14. The number of hydrogen-bond acceptors (Lipinski definition) is 3. The summed E-state index contributed by atoms with van der Waals surface area (Å²) in [6.07, 6.45) is 1.21. The highest BCUT2D eigenvalue weighted by molar-refractivity contribution is 6.30. The quantitative estimate of drug-likeness (QED) is 0.835. The highest BCUT2D eigenvalue weighted by Crippen LogP contribution is 2.19. The predicted molar refractivity (Wildman–Crippen MR) is 59.9 cm³/mol. The van der Waals surface area contributed by atoms with Crippen molar-refractivity contribution in [3.05, 3.63) is 41.0 Å². The molecule has 0 fully saturated rings. The summed E-state index contributed by atoms with van der Waals surface area (Å²) in [6, 6.07) is 6.83. The van der Waals surface area contributed by atoms with Crippen LogP contribution in [0.2, 0.25) is 5.02 Å². The zero-order valence-electron chi connectivity index (χ0n) is 8.09. The third-order valence-corrected chi connectivity index (χ3v) is 2.32. The van der Waals surface area contributed by atoms with E-state index in [1.165, 1.54) is 10.9 Å². The third-order valence-electron chi connectivity index (χ3n) is 2.09. The van der Waals surface area contributed by atoms with Crippen LogP contribution in [0.15, 0.2) is 30.5 Å². The van der Waals surface area contributed by atoms with Crippen LogP contribution in [0.5, 0.6) is 0 Å². The molecule has 0 saturated heterocycles. The summed E-state index contributed by atoms with van der Waals surface area (Å²) in [7, 11) is 0. The predicted octanol–water partition coefficient (Wildman–Crippen LogP) is 1.81. The number of nitrogens with zero attached hydrogens (tertiary/aromatic N) is 2. The first-order valence-corrected chi connectivity index (χ1v) is 4.80. The number of rotatable bonds is 2. The van der Waals surface area contributed by atoms with Crippen molar-refractivity contribution < 1.29 is 9.90 Å². The van der Waals surface area contributed by atoms with Crippen molar-refractivity contribution >= 4 is 23.4 Å². The number of benzene rings is 1. The molecule has 0 unspecified atom stereocenters. The van der Waals surface area contributed by atoms with Crippen molar-refractivity contribution in [3.63, 3.8) is 0 Å². The molecule has 0 aliphatic heterocycles. The Balaban J connectivity index is 2.53. The summed E-state index contributed by atoms with van der Waals surface area (Å²) in [5.41, 5.74) is 6.26. The van der Waals surface area contributed by atoms with Gasteiger partial charge in [0.05, 0.1) is 11.9 Å². The third kappa shape index (κ3) is 1.72. The average molecular weight is 238 g/mol. The van der Waals surface area contributed by atoms with E-state index in [4.69, 9.17) is 22.4 Å². The fourth-order valence-electron chi connectivity index (χ4n) is 1.34. The fourth-order valence-corrected chi connectivity index (χ4v) is 1.52. The van der Waals surface area contributed by atoms with Gasteiger partial charge in [-0.2, -0.15) is 5.10 Å². The van der Waals surface area contributed by atoms with Gasteiger partial charge in [-0.15, -0.1) is 0 Å². The van der Waals surface area contributed by atoms with Crippen LogP contribution in [0.1, 0.15) is 10.4 Å². The monoisotopic (exact) mass is 237 g/mol. The van der Waals surface area contributed by atoms with E-state index in [9.17, 15) is 4.79 Å². The molecule has 0 aliphatic carbocycles. The molecular formula is C10H8ClN3O2. The first-order valence-electron chi connectivity index (χ1n) is 4.42. The van der Waals surface area contributed by atoms with Crippen molar-refractivity contribution in [3.8, 4) is 5.69 Å². The Hall–Kier alpha value is -2.01. The fraction of sp³-hybridized carbons (Fsp3) is 0. The molecule has 1 aromatic heterocycles. The van der Waals surface area contributed by atoms with Crippen LogP contribution in [0, 0.1) is 0 Å². The van der Waals surface area contributed by atoms with Gasteiger partial charge in [-0.3, -0.25) is 0 Å². The van der Waals surface area contributed by atoms with E-state index in [2.05, 4.69) is 5.10 Å². The van der Waals surface area contributed by atoms with Gasteiger partial charge in [-0.05, 0) is 18.2 Å². The SMILES string of the molecule is Nc1c(C(=O)O)cnn1-c1cccc(Cl)c1. The van der Waals surface area contributed by atoms with Crippen LogP contribution in [-0.4, -0.2) is 20.9 Å². The van der Waals surface area contributed by atoms with Gasteiger partial charge >= 0.3 is 5.97 Å². The summed E-state index contributed by atoms with van der Waals surface area (Å²) in [5.74, 6) is -1.03. The lowest BCUT2D eigenvalue weighted by Gasteiger charge is -2.04. The Morgan fingerprint density at radius 1 is 1.50 bits per heavy atom. The highest BCUT2D eigenvalue weighted by atomic mass is 35.5. The largest absolute Gasteiger partial charge is 0.477 e. The smallest absolute Gasteiger partial charge is 0.341 e. The molecule has 0 amide bonds. The minimum absolute atomic E-state index is 0.0278. The standard InChI is InChI=1S/C10H8ClN3O2/c11-6-2-1-3-7(4-6)14-9(12)8(5-13-14)10(15)16/h1-5H,12H2,(H,15,16). The van der Waals surface area contributed by atoms with Crippen LogP contribution in [0.3, 0.4) is 0 Å². The lowest BCUT2D eigenvalue weighted by molar-refractivity contribution is 0.0698. The van der Waals surface area contributed by atoms with Gasteiger partial charge in [-0.1, -0.05) is 17.7 Å². The van der Waals surface area contributed by atoms with Gasteiger partial charge < -0.3 is 10.8 Å². The number of hydrogen-bond donors (Lipinski definition) is 2. The van der Waals surface area contributed by atoms with Crippen LogP contribution < -0.4 is 5.73 Å². The molecule has 2 aromatic rings. The number of carbonyl (C=O) groups is 1. The zero-order chi connectivity index (χ0) is 11.7. The van der Waals surface area contributed by atoms with E-state index < -0.39 is 5.97 Å². The first-order chi connectivity index (χ1) is 7.59. The molecule has 82 valence electrons. The van der Waals surface area contributed by atoms with Crippen molar-refractivity contribution in [2.45, 2.75) is 0 Å². The maximum Gasteiger partial charge on any atom is 0.341 e. The molecule has 2 rings (SSSR count). The van der Waals surface area contributed by atoms with Crippen LogP contribution >= 0.6 is 11.6 Å². The summed E-state index contributed by atoms with van der Waals surface area (Å²) in [4.78, 5) is 10.8. The molecule has 1 aromatic carbocycles. The van der Waals surface area contributed by atoms with Gasteiger partial charge in [-0.25, -0.2) is 9.48 Å². The van der Waals surface area contributed by atoms with E-state index in [-0.39, 0.29) is 11.4 Å². The van der Waals surface area contributed by atoms with E-state index in [1.54, 1.807) is 24.3 Å². The topological polar surface area (TPSA) is 81.1 Å². The van der Waals surface area contributed by atoms with Crippen molar-refractivity contribution in [2.75, 3.05) is 5.73 Å². The van der Waals surface area contributed by atoms with E-state index >= 15 is 0 Å². The number of carboxylic acids is 1. The molecule has 1 heterocycles. The first kappa shape index (κ1) is 10.5.